The van der Waals surface area contributed by atoms with Crippen molar-refractivity contribution in [2.45, 2.75) is 5.79 Å². The highest BCUT2D eigenvalue weighted by Crippen LogP contribution is 1.97. The van der Waals surface area contributed by atoms with Crippen molar-refractivity contribution in [1.29, 1.82) is 0 Å². The first-order valence-electron chi connectivity index (χ1n) is 2.18. The molecule has 0 amide bonds. The lowest BCUT2D eigenvalue weighted by atomic mass is 10.3. The Morgan fingerprint density at radius 1 is 1.50 bits per heavy atom. The molecule has 4 heteroatoms. The normalized spacial score (nSPS) is 23.8. The second kappa shape index (κ2) is 1.65. The largest absolute Gasteiger partial charge is 0.360 e. The van der Waals surface area contributed by atoms with Gasteiger partial charge in [0.1, 0.15) is 12.9 Å². The molecule has 8 heavy (non-hydrogen) atoms. The third-order valence-electron chi connectivity index (χ3n) is 0.754. The highest BCUT2D eigenvalue weighted by atomic mass is 16.5. The van der Waals surface area contributed by atoms with Gasteiger partial charge in [0.05, 0.1) is 6.21 Å². The lowest BCUT2D eigenvalue weighted by Gasteiger charge is -2.14. The predicted molar refractivity (Wildman–Crippen MR) is 29.0 cm³/mol. The van der Waals surface area contributed by atoms with Crippen LogP contribution in [-0.4, -0.2) is 35.1 Å². The number of rotatable bonds is 0. The van der Waals surface area contributed by atoms with Gasteiger partial charge in [-0.2, -0.15) is 0 Å². The smallest absolute Gasteiger partial charge is 0.220 e. The monoisotopic (exact) mass is 114 g/mol. The lowest BCUT2D eigenvalue weighted by molar-refractivity contribution is -0.0852. The zero-order chi connectivity index (χ0) is 6.04. The van der Waals surface area contributed by atoms with Crippen LogP contribution in [0.1, 0.15) is 0 Å². The van der Waals surface area contributed by atoms with E-state index in [1.807, 2.05) is 0 Å². The van der Waals surface area contributed by atoms with E-state index in [0.717, 1.165) is 6.21 Å². The lowest BCUT2D eigenvalue weighted by Crippen LogP contribution is -2.35. The molecule has 0 spiro atoms. The summed E-state index contributed by atoms with van der Waals surface area (Å²) in [6, 6.07) is 0. The van der Waals surface area contributed by atoms with E-state index in [1.165, 1.54) is 6.34 Å². The summed E-state index contributed by atoms with van der Waals surface area (Å²) in [6.45, 7) is -0.0174. The molecule has 1 heterocycles. The number of hydrogen-bond donors (Lipinski definition) is 2. The fourth-order valence-electron chi connectivity index (χ4n) is 0.416. The molecule has 1 rings (SSSR count). The third-order valence-corrected chi connectivity index (χ3v) is 0.754. The van der Waals surface area contributed by atoms with E-state index in [2.05, 4.69) is 9.98 Å². The first kappa shape index (κ1) is 5.40. The molecular weight excluding hydrogens is 108 g/mol. The van der Waals surface area contributed by atoms with Gasteiger partial charge in [0.2, 0.25) is 5.79 Å². The summed E-state index contributed by atoms with van der Waals surface area (Å²) in [7, 11) is 0. The van der Waals surface area contributed by atoms with Crippen molar-refractivity contribution in [2.24, 2.45) is 9.98 Å². The van der Waals surface area contributed by atoms with Gasteiger partial charge in [0.15, 0.2) is 0 Å². The molecule has 0 fully saturated rings. The molecule has 0 aromatic heterocycles. The Labute approximate surface area is 46.2 Å². The van der Waals surface area contributed by atoms with Crippen molar-refractivity contribution in [2.75, 3.05) is 6.54 Å². The Kier molecular flexibility index (Phi) is 1.11. The van der Waals surface area contributed by atoms with Gasteiger partial charge in [-0.15, -0.1) is 0 Å². The molecule has 0 atom stereocenters. The zero-order valence-electron chi connectivity index (χ0n) is 4.15. The van der Waals surface area contributed by atoms with E-state index in [1.54, 1.807) is 0 Å². The van der Waals surface area contributed by atoms with Gasteiger partial charge in [-0.3, -0.25) is 4.99 Å². The summed E-state index contributed by atoms with van der Waals surface area (Å²) in [5.74, 6) is -1.81. The Bertz CT molecular complexity index is 139. The number of aliphatic hydroxyl groups is 2. The zero-order valence-corrected chi connectivity index (χ0v) is 4.15. The van der Waals surface area contributed by atoms with Crippen LogP contribution in [0.25, 0.3) is 0 Å². The van der Waals surface area contributed by atoms with E-state index in [-0.39, 0.29) is 6.54 Å². The van der Waals surface area contributed by atoms with Gasteiger partial charge in [-0.25, -0.2) is 4.99 Å². The fourth-order valence-corrected chi connectivity index (χ4v) is 0.416. The van der Waals surface area contributed by atoms with Crippen molar-refractivity contribution < 1.29 is 10.2 Å². The quantitative estimate of drug-likeness (QED) is 0.388. The van der Waals surface area contributed by atoms with Crippen LogP contribution in [0, 0.1) is 0 Å². The summed E-state index contributed by atoms with van der Waals surface area (Å²) >= 11 is 0. The predicted octanol–water partition coefficient (Wildman–Crippen LogP) is -1.22. The maximum Gasteiger partial charge on any atom is 0.220 e. The Balaban J connectivity index is 2.65. The minimum absolute atomic E-state index is 0.0174. The Morgan fingerprint density at radius 2 is 2.25 bits per heavy atom. The Morgan fingerprint density at radius 3 is 2.50 bits per heavy atom. The van der Waals surface area contributed by atoms with Gasteiger partial charge in [-0.05, 0) is 0 Å². The van der Waals surface area contributed by atoms with Crippen molar-refractivity contribution >= 4 is 12.6 Å². The molecule has 0 saturated carbocycles. The van der Waals surface area contributed by atoms with Crippen molar-refractivity contribution in [1.82, 2.24) is 0 Å². The van der Waals surface area contributed by atoms with Crippen LogP contribution in [0.4, 0.5) is 0 Å². The topological polar surface area (TPSA) is 65.2 Å². The summed E-state index contributed by atoms with van der Waals surface area (Å²) in [5.41, 5.74) is 0. The van der Waals surface area contributed by atoms with E-state index in [4.69, 9.17) is 10.2 Å². The van der Waals surface area contributed by atoms with Crippen molar-refractivity contribution in [3.63, 3.8) is 0 Å². The van der Waals surface area contributed by atoms with Crippen LogP contribution >= 0.6 is 0 Å². The first-order valence-corrected chi connectivity index (χ1v) is 2.18. The van der Waals surface area contributed by atoms with Crippen LogP contribution in [0.15, 0.2) is 9.98 Å². The molecule has 1 aliphatic heterocycles. The molecule has 0 bridgehead atoms. The molecule has 0 saturated heterocycles. The third kappa shape index (κ3) is 1.11. The second-order valence-corrected chi connectivity index (χ2v) is 1.61. The van der Waals surface area contributed by atoms with Gasteiger partial charge < -0.3 is 10.2 Å². The van der Waals surface area contributed by atoms with Crippen molar-refractivity contribution in [3.8, 4) is 0 Å². The average Bonchev–Trinajstić information content (AvgIpc) is 1.65. The van der Waals surface area contributed by atoms with Crippen LogP contribution < -0.4 is 0 Å². The van der Waals surface area contributed by atoms with Crippen LogP contribution in [0.2, 0.25) is 0 Å². The van der Waals surface area contributed by atoms with Gasteiger partial charge in [0, 0.05) is 0 Å². The van der Waals surface area contributed by atoms with E-state index >= 15 is 0 Å². The number of nitrogens with zero attached hydrogens (tertiary/aromatic N) is 2. The van der Waals surface area contributed by atoms with E-state index in [9.17, 15) is 0 Å². The highest BCUT2D eigenvalue weighted by Gasteiger charge is 2.20. The van der Waals surface area contributed by atoms with Crippen molar-refractivity contribution in [3.05, 3.63) is 0 Å². The minimum atomic E-state index is -1.81. The van der Waals surface area contributed by atoms with Crippen LogP contribution in [0.5, 0.6) is 0 Å². The summed E-state index contributed by atoms with van der Waals surface area (Å²) in [4.78, 5) is 6.92. The van der Waals surface area contributed by atoms with Gasteiger partial charge in [-0.1, -0.05) is 0 Å². The summed E-state index contributed by atoms with van der Waals surface area (Å²) in [6.07, 6.45) is 2.32. The molecular formula is C4H6N2O2. The Hall–Kier alpha value is -0.740. The number of aliphatic imine (C=N–C) groups is 2. The molecule has 1 aliphatic rings. The van der Waals surface area contributed by atoms with Crippen LogP contribution in [0.3, 0.4) is 0 Å². The molecule has 44 valence electrons. The maximum atomic E-state index is 8.67. The average molecular weight is 114 g/mol. The minimum Gasteiger partial charge on any atom is -0.360 e. The summed E-state index contributed by atoms with van der Waals surface area (Å²) < 4.78 is 0. The standard InChI is InChI=1S/C4H6N2O2/c7-4(8)1-5-3-6-2-4/h1,3,7-8H,2H2. The van der Waals surface area contributed by atoms with E-state index in [0.29, 0.717) is 0 Å². The second-order valence-electron chi connectivity index (χ2n) is 1.61. The number of hydrogen-bond acceptors (Lipinski definition) is 4. The molecule has 0 aromatic carbocycles. The molecule has 0 aromatic rings. The maximum absolute atomic E-state index is 8.67. The molecule has 0 radical (unpaired) electrons. The molecule has 4 nitrogen and oxygen atoms in total. The van der Waals surface area contributed by atoms with E-state index < -0.39 is 5.79 Å². The van der Waals surface area contributed by atoms with Crippen LogP contribution in [-0.2, 0) is 0 Å². The molecule has 0 aliphatic carbocycles. The molecule has 2 N–H and O–H groups in total. The van der Waals surface area contributed by atoms with Gasteiger partial charge in [0.25, 0.3) is 0 Å². The SMILES string of the molecule is OC1(O)C=NC=NC1. The fraction of sp³-hybridized carbons (Fsp3) is 0.500. The summed E-state index contributed by atoms with van der Waals surface area (Å²) in [5, 5.41) is 17.3. The highest BCUT2D eigenvalue weighted by molar-refractivity contribution is 5.79. The first-order chi connectivity index (χ1) is 3.71. The molecule has 0 unspecified atom stereocenters. The van der Waals surface area contributed by atoms with Gasteiger partial charge >= 0.3 is 0 Å².